The first-order chi connectivity index (χ1) is 14.7. The summed E-state index contributed by atoms with van der Waals surface area (Å²) in [6.07, 6.45) is 5.05. The molecule has 0 spiro atoms. The molecule has 3 aromatic heterocycles. The van der Waals surface area contributed by atoms with E-state index in [1.807, 2.05) is 28.9 Å². The molecule has 5 rings (SSSR count). The predicted octanol–water partition coefficient (Wildman–Crippen LogP) is 3.84. The fourth-order valence-corrected chi connectivity index (χ4v) is 3.84. The zero-order chi connectivity index (χ0) is 20.5. The van der Waals surface area contributed by atoms with E-state index in [1.165, 1.54) is 6.33 Å². The van der Waals surface area contributed by atoms with Crippen molar-refractivity contribution in [3.63, 3.8) is 0 Å². The van der Waals surface area contributed by atoms with Gasteiger partial charge < -0.3 is 15.8 Å². The van der Waals surface area contributed by atoms with Crippen LogP contribution in [0.1, 0.15) is 18.9 Å². The minimum absolute atomic E-state index is 0.287. The summed E-state index contributed by atoms with van der Waals surface area (Å²) in [7, 11) is 0. The van der Waals surface area contributed by atoms with Gasteiger partial charge in [-0.05, 0) is 56.3 Å². The molecule has 8 nitrogen and oxygen atoms in total. The van der Waals surface area contributed by atoms with Gasteiger partial charge in [-0.3, -0.25) is 0 Å². The van der Waals surface area contributed by atoms with E-state index >= 15 is 0 Å². The lowest BCUT2D eigenvalue weighted by Gasteiger charge is -2.23. The number of hydrogen-bond acceptors (Lipinski definition) is 7. The molecule has 0 aliphatic carbocycles. The van der Waals surface area contributed by atoms with Crippen molar-refractivity contribution in [2.24, 2.45) is 0 Å². The Morgan fingerprint density at radius 2 is 1.83 bits per heavy atom. The van der Waals surface area contributed by atoms with Crippen molar-refractivity contribution in [2.75, 3.05) is 18.8 Å². The van der Waals surface area contributed by atoms with Crippen LogP contribution in [-0.2, 0) is 0 Å². The lowest BCUT2D eigenvalue weighted by atomic mass is 10.1. The standard InChI is InChI=1S/C21H20ClN7O/c22-14-3-6-17(25-11-14)30-16-4-1-13(2-5-16)19-18-20(23)26-12-27-21(18)29(28-19)15-7-9-24-10-8-15/h1-6,11-12,15,24H,7-10H2,(H2,23,26,27). The maximum atomic E-state index is 6.22. The third-order valence-corrected chi connectivity index (χ3v) is 5.45. The molecule has 1 aliphatic heterocycles. The van der Waals surface area contributed by atoms with Crippen LogP contribution in [-0.4, -0.2) is 37.8 Å². The van der Waals surface area contributed by atoms with E-state index in [2.05, 4.69) is 20.3 Å². The van der Waals surface area contributed by atoms with E-state index in [1.54, 1.807) is 18.3 Å². The first-order valence-corrected chi connectivity index (χ1v) is 10.2. The Kier molecular flexibility index (Phi) is 4.94. The number of hydrogen-bond donors (Lipinski definition) is 2. The number of nitrogens with two attached hydrogens (primary N) is 1. The molecule has 4 aromatic rings. The maximum absolute atomic E-state index is 6.22. The van der Waals surface area contributed by atoms with Gasteiger partial charge in [0.15, 0.2) is 5.65 Å². The van der Waals surface area contributed by atoms with Crippen molar-refractivity contribution in [3.8, 4) is 22.9 Å². The van der Waals surface area contributed by atoms with E-state index in [9.17, 15) is 0 Å². The average Bonchev–Trinajstić information content (AvgIpc) is 3.18. The first kappa shape index (κ1) is 18.8. The monoisotopic (exact) mass is 421 g/mol. The number of halogens is 1. The first-order valence-electron chi connectivity index (χ1n) is 9.78. The summed E-state index contributed by atoms with van der Waals surface area (Å²) in [5, 5.41) is 9.64. The summed E-state index contributed by atoms with van der Waals surface area (Å²) in [5.41, 5.74) is 8.69. The molecule has 0 amide bonds. The van der Waals surface area contributed by atoms with E-state index in [-0.39, 0.29) is 6.04 Å². The fraction of sp³-hybridized carbons (Fsp3) is 0.238. The third kappa shape index (κ3) is 3.55. The highest BCUT2D eigenvalue weighted by atomic mass is 35.5. The molecule has 0 unspecified atom stereocenters. The summed E-state index contributed by atoms with van der Waals surface area (Å²) >= 11 is 5.87. The molecule has 0 bridgehead atoms. The van der Waals surface area contributed by atoms with Gasteiger partial charge in [0.1, 0.15) is 23.6 Å². The van der Waals surface area contributed by atoms with Crippen LogP contribution in [0.25, 0.3) is 22.3 Å². The third-order valence-electron chi connectivity index (χ3n) is 5.22. The predicted molar refractivity (Wildman–Crippen MR) is 116 cm³/mol. The topological polar surface area (TPSA) is 104 Å². The number of nitrogens with zero attached hydrogens (tertiary/aromatic N) is 5. The van der Waals surface area contributed by atoms with Gasteiger partial charge in [0.05, 0.1) is 16.5 Å². The van der Waals surface area contributed by atoms with E-state index in [0.717, 1.165) is 48.2 Å². The average molecular weight is 422 g/mol. The Balaban J connectivity index is 1.50. The summed E-state index contributed by atoms with van der Waals surface area (Å²) in [4.78, 5) is 12.8. The van der Waals surface area contributed by atoms with Crippen molar-refractivity contribution in [3.05, 3.63) is 53.9 Å². The molecule has 30 heavy (non-hydrogen) atoms. The molecule has 152 valence electrons. The van der Waals surface area contributed by atoms with Gasteiger partial charge in [0.2, 0.25) is 5.88 Å². The number of fused-ring (bicyclic) bond motifs is 1. The molecule has 1 aromatic carbocycles. The Morgan fingerprint density at radius 1 is 1.03 bits per heavy atom. The zero-order valence-corrected chi connectivity index (χ0v) is 16.9. The van der Waals surface area contributed by atoms with Gasteiger partial charge in [-0.25, -0.2) is 19.6 Å². The van der Waals surface area contributed by atoms with Gasteiger partial charge in [-0.15, -0.1) is 0 Å². The summed E-state index contributed by atoms with van der Waals surface area (Å²) < 4.78 is 7.79. The Hall–Kier alpha value is -3.23. The molecule has 3 N–H and O–H groups in total. The van der Waals surface area contributed by atoms with Crippen LogP contribution in [0, 0.1) is 0 Å². The van der Waals surface area contributed by atoms with Crippen molar-refractivity contribution < 1.29 is 4.74 Å². The second kappa shape index (κ2) is 7.89. The summed E-state index contributed by atoms with van der Waals surface area (Å²) in [6, 6.07) is 11.4. The second-order valence-electron chi connectivity index (χ2n) is 7.17. The largest absolute Gasteiger partial charge is 0.439 e. The smallest absolute Gasteiger partial charge is 0.219 e. The van der Waals surface area contributed by atoms with Crippen molar-refractivity contribution in [1.82, 2.24) is 30.0 Å². The van der Waals surface area contributed by atoms with E-state index in [0.29, 0.717) is 22.5 Å². The molecule has 1 saturated heterocycles. The normalized spacial score (nSPS) is 14.8. The number of ether oxygens (including phenoxy) is 1. The van der Waals surface area contributed by atoms with Crippen molar-refractivity contribution in [1.29, 1.82) is 0 Å². The Morgan fingerprint density at radius 3 is 2.57 bits per heavy atom. The molecule has 0 atom stereocenters. The summed E-state index contributed by atoms with van der Waals surface area (Å²) in [6.45, 7) is 1.93. The number of aromatic nitrogens is 5. The fourth-order valence-electron chi connectivity index (χ4n) is 3.73. The number of pyridine rings is 1. The molecule has 0 saturated carbocycles. The Labute approximate surface area is 178 Å². The van der Waals surface area contributed by atoms with Crippen LogP contribution in [0.5, 0.6) is 11.6 Å². The van der Waals surface area contributed by atoms with Crippen LogP contribution in [0.15, 0.2) is 48.9 Å². The quantitative estimate of drug-likeness (QED) is 0.515. The van der Waals surface area contributed by atoms with Gasteiger partial charge in [0.25, 0.3) is 0 Å². The van der Waals surface area contributed by atoms with Crippen LogP contribution >= 0.6 is 11.6 Å². The second-order valence-corrected chi connectivity index (χ2v) is 7.61. The number of piperidine rings is 1. The SMILES string of the molecule is Nc1ncnc2c1c(-c1ccc(Oc3ccc(Cl)cn3)cc1)nn2C1CCNCC1. The van der Waals surface area contributed by atoms with Crippen LogP contribution < -0.4 is 15.8 Å². The molecular weight excluding hydrogens is 402 g/mol. The van der Waals surface area contributed by atoms with Gasteiger partial charge in [-0.2, -0.15) is 5.10 Å². The van der Waals surface area contributed by atoms with E-state index < -0.39 is 0 Å². The van der Waals surface area contributed by atoms with Gasteiger partial charge >= 0.3 is 0 Å². The lowest BCUT2D eigenvalue weighted by molar-refractivity contribution is 0.350. The minimum Gasteiger partial charge on any atom is -0.439 e. The lowest BCUT2D eigenvalue weighted by Crippen LogP contribution is -2.30. The molecule has 0 radical (unpaired) electrons. The molecule has 1 aliphatic rings. The number of anilines is 1. The number of nitrogen functional groups attached to an aromatic ring is 1. The van der Waals surface area contributed by atoms with Crippen LogP contribution in [0.2, 0.25) is 5.02 Å². The molecule has 4 heterocycles. The number of rotatable bonds is 4. The van der Waals surface area contributed by atoms with Crippen molar-refractivity contribution in [2.45, 2.75) is 18.9 Å². The molecular formula is C21H20ClN7O. The van der Waals surface area contributed by atoms with Crippen LogP contribution in [0.3, 0.4) is 0 Å². The number of benzene rings is 1. The Bertz CT molecular complexity index is 1170. The summed E-state index contributed by atoms with van der Waals surface area (Å²) in [5.74, 6) is 1.58. The molecule has 1 fully saturated rings. The molecule has 9 heteroatoms. The van der Waals surface area contributed by atoms with Crippen molar-refractivity contribution >= 4 is 28.5 Å². The zero-order valence-electron chi connectivity index (χ0n) is 16.1. The van der Waals surface area contributed by atoms with Crippen LogP contribution in [0.4, 0.5) is 5.82 Å². The highest BCUT2D eigenvalue weighted by Crippen LogP contribution is 2.34. The maximum Gasteiger partial charge on any atom is 0.219 e. The van der Waals surface area contributed by atoms with Gasteiger partial charge in [-0.1, -0.05) is 11.6 Å². The van der Waals surface area contributed by atoms with Gasteiger partial charge in [0, 0.05) is 17.8 Å². The highest BCUT2D eigenvalue weighted by Gasteiger charge is 2.23. The minimum atomic E-state index is 0.287. The number of nitrogens with one attached hydrogen (secondary N) is 1. The van der Waals surface area contributed by atoms with E-state index in [4.69, 9.17) is 27.2 Å². The highest BCUT2D eigenvalue weighted by molar-refractivity contribution is 6.30.